The lowest BCUT2D eigenvalue weighted by atomic mass is 9.85. The van der Waals surface area contributed by atoms with Crippen molar-refractivity contribution >= 4 is 39.6 Å². The first-order valence-electron chi connectivity index (χ1n) is 12.7. The zero-order valence-corrected chi connectivity index (χ0v) is 21.2. The molecule has 2 saturated heterocycles. The molecule has 2 N–H and O–H groups in total. The van der Waals surface area contributed by atoms with Crippen LogP contribution >= 0.6 is 0 Å². The molecular formula is C29H30N4O4. The number of aromatic nitrogens is 1. The average Bonchev–Trinajstić information content (AvgIpc) is 3.66. The van der Waals surface area contributed by atoms with Gasteiger partial charge >= 0.3 is 0 Å². The van der Waals surface area contributed by atoms with Crippen molar-refractivity contribution in [3.63, 3.8) is 0 Å². The van der Waals surface area contributed by atoms with Crippen molar-refractivity contribution in [3.8, 4) is 0 Å². The highest BCUT2D eigenvalue weighted by atomic mass is 16.3. The first kappa shape index (κ1) is 23.3. The fourth-order valence-corrected chi connectivity index (χ4v) is 5.63. The summed E-state index contributed by atoms with van der Waals surface area (Å²) in [6, 6.07) is 18.0. The number of rotatable bonds is 4. The van der Waals surface area contributed by atoms with Crippen LogP contribution in [-0.4, -0.2) is 63.7 Å². The molecule has 190 valence electrons. The van der Waals surface area contributed by atoms with Gasteiger partial charge in [0.1, 0.15) is 17.3 Å². The molecule has 0 saturated carbocycles. The normalized spacial score (nSPS) is 20.1. The molecule has 4 heterocycles. The van der Waals surface area contributed by atoms with Crippen molar-refractivity contribution in [2.24, 2.45) is 5.41 Å². The van der Waals surface area contributed by atoms with Crippen LogP contribution in [0.15, 0.2) is 65.1 Å². The summed E-state index contributed by atoms with van der Waals surface area (Å²) in [4.78, 5) is 46.9. The molecule has 0 spiro atoms. The Balaban J connectivity index is 1.17. The number of furan rings is 1. The number of carbonyl (C=O) groups is 3. The smallest absolute Gasteiger partial charge is 0.289 e. The van der Waals surface area contributed by atoms with E-state index in [2.05, 4.69) is 10.3 Å². The van der Waals surface area contributed by atoms with E-state index in [1.54, 1.807) is 12.1 Å². The number of carbonyl (C=O) groups excluding carboxylic acids is 3. The molecule has 6 rings (SSSR count). The summed E-state index contributed by atoms with van der Waals surface area (Å²) in [6.07, 6.45) is 0.727. The van der Waals surface area contributed by atoms with Gasteiger partial charge in [0.15, 0.2) is 5.76 Å². The highest BCUT2D eigenvalue weighted by molar-refractivity contribution is 6.01. The fourth-order valence-electron chi connectivity index (χ4n) is 5.63. The Morgan fingerprint density at radius 2 is 1.62 bits per heavy atom. The Labute approximate surface area is 214 Å². The topological polar surface area (TPSA) is 98.6 Å². The Bertz CT molecular complexity index is 1460. The van der Waals surface area contributed by atoms with E-state index >= 15 is 0 Å². The van der Waals surface area contributed by atoms with Gasteiger partial charge in [0.2, 0.25) is 5.91 Å². The molecule has 2 bridgehead atoms. The molecule has 2 aliphatic rings. The first-order valence-corrected chi connectivity index (χ1v) is 12.7. The lowest BCUT2D eigenvalue weighted by molar-refractivity contribution is -0.138. The maximum absolute atomic E-state index is 13.8. The molecule has 0 radical (unpaired) electrons. The first-order chi connectivity index (χ1) is 17.7. The van der Waals surface area contributed by atoms with Crippen LogP contribution in [0.4, 0.5) is 0 Å². The van der Waals surface area contributed by atoms with Gasteiger partial charge in [0, 0.05) is 29.4 Å². The number of benzene rings is 2. The summed E-state index contributed by atoms with van der Waals surface area (Å²) in [5.74, 6) is -0.240. The third kappa shape index (κ3) is 4.06. The second kappa shape index (κ2) is 8.50. The molecule has 1 unspecified atom stereocenters. The van der Waals surface area contributed by atoms with E-state index in [1.807, 2.05) is 79.1 Å². The highest BCUT2D eigenvalue weighted by Crippen LogP contribution is 2.35. The molecule has 2 aromatic heterocycles. The third-order valence-corrected chi connectivity index (χ3v) is 7.58. The molecule has 2 aromatic carbocycles. The van der Waals surface area contributed by atoms with Crippen molar-refractivity contribution in [2.75, 3.05) is 13.1 Å². The SMILES string of the molecule is CC(C)(C)[C@H](NC(=O)c1cc2ccccc2[nH]1)C(=O)N1C[C@@H]2CC1CN2C(=O)c1cc2ccccc2o1. The van der Waals surface area contributed by atoms with E-state index < -0.39 is 11.5 Å². The number of amides is 3. The molecule has 3 atom stereocenters. The van der Waals surface area contributed by atoms with Gasteiger partial charge in [0.25, 0.3) is 11.8 Å². The largest absolute Gasteiger partial charge is 0.451 e. The van der Waals surface area contributed by atoms with E-state index in [4.69, 9.17) is 4.42 Å². The average molecular weight is 499 g/mol. The Morgan fingerprint density at radius 1 is 0.946 bits per heavy atom. The lowest BCUT2D eigenvalue weighted by Gasteiger charge is -2.39. The second-order valence-corrected chi connectivity index (χ2v) is 11.2. The van der Waals surface area contributed by atoms with Gasteiger partial charge in [-0.3, -0.25) is 14.4 Å². The molecular weight excluding hydrogens is 468 g/mol. The third-order valence-electron chi connectivity index (χ3n) is 7.58. The second-order valence-electron chi connectivity index (χ2n) is 11.2. The van der Waals surface area contributed by atoms with Gasteiger partial charge in [-0.05, 0) is 36.1 Å². The number of nitrogens with zero attached hydrogens (tertiary/aromatic N) is 2. The van der Waals surface area contributed by atoms with Crippen LogP contribution in [0.3, 0.4) is 0 Å². The summed E-state index contributed by atoms with van der Waals surface area (Å²) in [5, 5.41) is 4.82. The number of hydrogen-bond donors (Lipinski definition) is 2. The van der Waals surface area contributed by atoms with Crippen LogP contribution in [0, 0.1) is 5.41 Å². The number of piperazine rings is 1. The number of hydrogen-bond acceptors (Lipinski definition) is 4. The molecule has 37 heavy (non-hydrogen) atoms. The van der Waals surface area contributed by atoms with E-state index in [0.29, 0.717) is 30.1 Å². The Kier molecular flexibility index (Phi) is 5.36. The zero-order chi connectivity index (χ0) is 25.9. The monoisotopic (exact) mass is 498 g/mol. The molecule has 8 heteroatoms. The van der Waals surface area contributed by atoms with Gasteiger partial charge in [0.05, 0.1) is 12.1 Å². The van der Waals surface area contributed by atoms with Crippen molar-refractivity contribution in [2.45, 2.75) is 45.3 Å². The van der Waals surface area contributed by atoms with Crippen molar-refractivity contribution < 1.29 is 18.8 Å². The Morgan fingerprint density at radius 3 is 2.30 bits per heavy atom. The minimum absolute atomic E-state index is 0.0697. The van der Waals surface area contributed by atoms with Crippen LogP contribution in [-0.2, 0) is 4.79 Å². The number of likely N-dealkylation sites (tertiary alicyclic amines) is 2. The quantitative estimate of drug-likeness (QED) is 0.441. The van der Waals surface area contributed by atoms with E-state index in [0.717, 1.165) is 22.7 Å². The number of nitrogens with one attached hydrogen (secondary N) is 2. The van der Waals surface area contributed by atoms with Crippen LogP contribution in [0.2, 0.25) is 0 Å². The molecule has 4 aromatic rings. The van der Waals surface area contributed by atoms with Gasteiger partial charge < -0.3 is 24.5 Å². The molecule has 3 amide bonds. The van der Waals surface area contributed by atoms with Crippen LogP contribution < -0.4 is 5.32 Å². The number of para-hydroxylation sites is 2. The summed E-state index contributed by atoms with van der Waals surface area (Å²) < 4.78 is 5.79. The number of fused-ring (bicyclic) bond motifs is 4. The summed E-state index contributed by atoms with van der Waals surface area (Å²) >= 11 is 0. The summed E-state index contributed by atoms with van der Waals surface area (Å²) in [6.45, 7) is 6.76. The summed E-state index contributed by atoms with van der Waals surface area (Å²) in [7, 11) is 0. The van der Waals surface area contributed by atoms with Crippen LogP contribution in [0.25, 0.3) is 21.9 Å². The van der Waals surface area contributed by atoms with E-state index in [-0.39, 0.29) is 29.8 Å². The van der Waals surface area contributed by atoms with Crippen molar-refractivity contribution in [1.82, 2.24) is 20.1 Å². The van der Waals surface area contributed by atoms with Gasteiger partial charge in [-0.1, -0.05) is 57.2 Å². The predicted octanol–water partition coefficient (Wildman–Crippen LogP) is 4.18. The lowest BCUT2D eigenvalue weighted by Crippen LogP contribution is -2.59. The van der Waals surface area contributed by atoms with Gasteiger partial charge in [-0.25, -0.2) is 0 Å². The summed E-state index contributed by atoms with van der Waals surface area (Å²) in [5.41, 5.74) is 1.49. The minimum Gasteiger partial charge on any atom is -0.451 e. The van der Waals surface area contributed by atoms with Crippen molar-refractivity contribution in [3.05, 3.63) is 72.1 Å². The van der Waals surface area contributed by atoms with Gasteiger partial charge in [-0.2, -0.15) is 0 Å². The predicted molar refractivity (Wildman–Crippen MR) is 140 cm³/mol. The Hall–Kier alpha value is -4.07. The molecule has 2 aliphatic heterocycles. The minimum atomic E-state index is -0.703. The van der Waals surface area contributed by atoms with E-state index in [9.17, 15) is 14.4 Å². The number of H-pyrrole nitrogens is 1. The zero-order valence-electron chi connectivity index (χ0n) is 21.2. The maximum atomic E-state index is 13.8. The standard InChI is InChI=1S/C29H30N4O4/c1-29(2,3)25(31-26(34)22-12-17-8-4-6-10-21(17)30-22)28(36)33-16-19-14-20(33)15-32(19)27(35)24-13-18-9-5-7-11-23(18)37-24/h4-13,19-20,25,30H,14-16H2,1-3H3,(H,31,34)/t19-,20?,25+/m0/s1. The molecule has 2 fully saturated rings. The number of aromatic amines is 1. The van der Waals surface area contributed by atoms with E-state index in [1.165, 1.54) is 0 Å². The fraction of sp³-hybridized carbons (Fsp3) is 0.345. The van der Waals surface area contributed by atoms with Crippen LogP contribution in [0.1, 0.15) is 48.2 Å². The molecule has 0 aliphatic carbocycles. The van der Waals surface area contributed by atoms with Crippen LogP contribution in [0.5, 0.6) is 0 Å². The van der Waals surface area contributed by atoms with Crippen molar-refractivity contribution in [1.29, 1.82) is 0 Å². The van der Waals surface area contributed by atoms with Gasteiger partial charge in [-0.15, -0.1) is 0 Å². The highest BCUT2D eigenvalue weighted by Gasteiger charge is 2.50. The molecule has 8 nitrogen and oxygen atoms in total. The maximum Gasteiger partial charge on any atom is 0.289 e.